The first-order valence-corrected chi connectivity index (χ1v) is 5.37. The number of hydrogen-bond donors (Lipinski definition) is 2. The molecule has 2 heterocycles. The van der Waals surface area contributed by atoms with Crippen LogP contribution < -0.4 is 0 Å². The fourth-order valence-corrected chi connectivity index (χ4v) is 1.92. The molecule has 2 aromatic heterocycles. The van der Waals surface area contributed by atoms with Crippen LogP contribution in [0, 0.1) is 4.77 Å². The second-order valence-electron chi connectivity index (χ2n) is 3.56. The minimum atomic E-state index is 0.496. The second-order valence-corrected chi connectivity index (χ2v) is 3.95. The molecule has 1 aromatic carbocycles. The van der Waals surface area contributed by atoms with Gasteiger partial charge in [-0.2, -0.15) is 0 Å². The van der Waals surface area contributed by atoms with E-state index in [0.717, 1.165) is 16.9 Å². The normalized spacial score (nSPS) is 10.8. The lowest BCUT2D eigenvalue weighted by molar-refractivity contribution is 1.13. The van der Waals surface area contributed by atoms with E-state index < -0.39 is 0 Å². The lowest BCUT2D eigenvalue weighted by Crippen LogP contribution is -1.85. The van der Waals surface area contributed by atoms with Gasteiger partial charge in [-0.15, -0.1) is 0 Å². The van der Waals surface area contributed by atoms with Crippen LogP contribution in [0.25, 0.3) is 22.3 Å². The number of nitrogens with one attached hydrogen (secondary N) is 2. The van der Waals surface area contributed by atoms with Gasteiger partial charge < -0.3 is 9.97 Å². The molecule has 0 aliphatic carbocycles. The topological polar surface area (TPSA) is 44.5 Å². The Balaban J connectivity index is 2.23. The third-order valence-corrected chi connectivity index (χ3v) is 2.70. The lowest BCUT2D eigenvalue weighted by atomic mass is 10.2. The van der Waals surface area contributed by atoms with Crippen LogP contribution in [0.4, 0.5) is 0 Å². The molecule has 0 saturated carbocycles. The molecule has 0 amide bonds. The van der Waals surface area contributed by atoms with Crippen molar-refractivity contribution in [3.63, 3.8) is 0 Å². The molecule has 0 saturated heterocycles. The molecule has 0 unspecified atom stereocenters. The summed E-state index contributed by atoms with van der Waals surface area (Å²) in [5, 5.41) is 1.19. The Morgan fingerprint density at radius 3 is 2.69 bits per heavy atom. The van der Waals surface area contributed by atoms with Crippen molar-refractivity contribution < 1.29 is 0 Å². The number of aromatic amines is 2. The van der Waals surface area contributed by atoms with Crippen molar-refractivity contribution >= 4 is 23.1 Å². The number of fused-ring (bicyclic) bond motifs is 1. The highest BCUT2D eigenvalue weighted by atomic mass is 32.1. The summed E-state index contributed by atoms with van der Waals surface area (Å²) in [5.74, 6) is 0. The summed E-state index contributed by atoms with van der Waals surface area (Å²) in [6.45, 7) is 0. The zero-order valence-corrected chi connectivity index (χ0v) is 9.21. The van der Waals surface area contributed by atoms with Gasteiger partial charge in [-0.25, -0.2) is 4.98 Å². The smallest absolute Gasteiger partial charge is 0.197 e. The molecule has 16 heavy (non-hydrogen) atoms. The lowest BCUT2D eigenvalue weighted by Gasteiger charge is -1.96. The molecule has 78 valence electrons. The van der Waals surface area contributed by atoms with Crippen molar-refractivity contribution in [3.05, 3.63) is 47.4 Å². The Kier molecular flexibility index (Phi) is 2.08. The number of hydrogen-bond acceptors (Lipinski definition) is 2. The maximum Gasteiger partial charge on any atom is 0.197 e. The first-order valence-electron chi connectivity index (χ1n) is 4.96. The highest BCUT2D eigenvalue weighted by Crippen LogP contribution is 2.21. The van der Waals surface area contributed by atoms with Crippen molar-refractivity contribution in [2.45, 2.75) is 0 Å². The average molecular weight is 227 g/mol. The first-order chi connectivity index (χ1) is 7.83. The maximum absolute atomic E-state index is 5.00. The van der Waals surface area contributed by atoms with Gasteiger partial charge in [0.2, 0.25) is 0 Å². The van der Waals surface area contributed by atoms with E-state index in [4.69, 9.17) is 12.2 Å². The van der Waals surface area contributed by atoms with Crippen LogP contribution in [0.15, 0.2) is 42.6 Å². The summed E-state index contributed by atoms with van der Waals surface area (Å²) in [7, 11) is 0. The molecule has 3 nitrogen and oxygen atoms in total. The Morgan fingerprint density at radius 2 is 1.88 bits per heavy atom. The Morgan fingerprint density at radius 1 is 1.00 bits per heavy atom. The molecule has 3 rings (SSSR count). The minimum Gasteiger partial charge on any atom is -0.353 e. The van der Waals surface area contributed by atoms with Crippen molar-refractivity contribution in [1.29, 1.82) is 0 Å². The average Bonchev–Trinajstić information content (AvgIpc) is 2.72. The van der Waals surface area contributed by atoms with Crippen LogP contribution in [0.2, 0.25) is 0 Å². The van der Waals surface area contributed by atoms with Gasteiger partial charge >= 0.3 is 0 Å². The quantitative estimate of drug-likeness (QED) is 0.626. The van der Waals surface area contributed by atoms with Gasteiger partial charge in [0.1, 0.15) is 0 Å². The summed E-state index contributed by atoms with van der Waals surface area (Å²) in [5.41, 5.74) is 3.10. The van der Waals surface area contributed by atoms with Crippen LogP contribution in [-0.4, -0.2) is 15.0 Å². The first kappa shape index (κ1) is 9.30. The Hall–Kier alpha value is -1.94. The zero-order valence-electron chi connectivity index (χ0n) is 8.40. The largest absolute Gasteiger partial charge is 0.353 e. The monoisotopic (exact) mass is 227 g/mol. The number of rotatable bonds is 1. The summed E-state index contributed by atoms with van der Waals surface area (Å²) in [4.78, 5) is 10.4. The van der Waals surface area contributed by atoms with E-state index in [1.54, 1.807) is 6.20 Å². The molecule has 0 fully saturated rings. The molecule has 3 aromatic rings. The molecule has 0 aliphatic heterocycles. The van der Waals surface area contributed by atoms with Gasteiger partial charge in [0, 0.05) is 17.1 Å². The van der Waals surface area contributed by atoms with Crippen molar-refractivity contribution in [1.82, 2.24) is 15.0 Å². The molecular weight excluding hydrogens is 218 g/mol. The van der Waals surface area contributed by atoms with E-state index in [9.17, 15) is 0 Å². The van der Waals surface area contributed by atoms with E-state index in [2.05, 4.69) is 33.2 Å². The van der Waals surface area contributed by atoms with Crippen LogP contribution in [0.3, 0.4) is 0 Å². The fraction of sp³-hybridized carbons (Fsp3) is 0. The SMILES string of the molecule is S=c1nccc(-c2cc3ccccc3[nH]2)[nH]1. The highest BCUT2D eigenvalue weighted by Gasteiger charge is 2.02. The standard InChI is InChI=1S/C12H9N3S/c16-12-13-6-5-10(15-12)11-7-8-3-1-2-4-9(8)14-11/h1-7,14H,(H,13,15,16). The van der Waals surface area contributed by atoms with Crippen molar-refractivity contribution in [3.8, 4) is 11.4 Å². The van der Waals surface area contributed by atoms with Gasteiger partial charge in [-0.3, -0.25) is 0 Å². The minimum absolute atomic E-state index is 0.496. The van der Waals surface area contributed by atoms with Crippen LogP contribution in [-0.2, 0) is 0 Å². The molecule has 0 atom stereocenters. The molecule has 0 spiro atoms. The molecule has 4 heteroatoms. The van der Waals surface area contributed by atoms with Gasteiger partial charge in [0.05, 0.1) is 11.4 Å². The maximum atomic E-state index is 5.00. The number of benzene rings is 1. The van der Waals surface area contributed by atoms with Gasteiger partial charge in [0.25, 0.3) is 0 Å². The molecule has 2 N–H and O–H groups in total. The summed E-state index contributed by atoms with van der Waals surface area (Å²) < 4.78 is 0.496. The van der Waals surface area contributed by atoms with Gasteiger partial charge in [-0.05, 0) is 30.4 Å². The Bertz CT molecular complexity index is 663. The Labute approximate surface area is 97.2 Å². The predicted octanol–water partition coefficient (Wildman–Crippen LogP) is 3.29. The summed E-state index contributed by atoms with van der Waals surface area (Å²) >= 11 is 5.00. The van der Waals surface area contributed by atoms with Crippen LogP contribution in [0.5, 0.6) is 0 Å². The highest BCUT2D eigenvalue weighted by molar-refractivity contribution is 7.71. The predicted molar refractivity (Wildman–Crippen MR) is 66.7 cm³/mol. The zero-order chi connectivity index (χ0) is 11.0. The second kappa shape index (κ2) is 3.57. The number of nitrogens with zero attached hydrogens (tertiary/aromatic N) is 1. The van der Waals surface area contributed by atoms with E-state index >= 15 is 0 Å². The van der Waals surface area contributed by atoms with E-state index in [1.165, 1.54) is 5.39 Å². The molecular formula is C12H9N3S. The third-order valence-electron chi connectivity index (χ3n) is 2.49. The van der Waals surface area contributed by atoms with E-state index in [0.29, 0.717) is 4.77 Å². The van der Waals surface area contributed by atoms with Crippen LogP contribution in [0.1, 0.15) is 0 Å². The third kappa shape index (κ3) is 1.53. The van der Waals surface area contributed by atoms with Crippen molar-refractivity contribution in [2.24, 2.45) is 0 Å². The van der Waals surface area contributed by atoms with Gasteiger partial charge in [0.15, 0.2) is 4.77 Å². The van der Waals surface area contributed by atoms with Crippen molar-refractivity contribution in [2.75, 3.05) is 0 Å². The number of H-pyrrole nitrogens is 2. The number of para-hydroxylation sites is 1. The summed E-state index contributed by atoms with van der Waals surface area (Å²) in [6, 6.07) is 12.2. The fourth-order valence-electron chi connectivity index (χ4n) is 1.74. The van der Waals surface area contributed by atoms with Crippen LogP contribution >= 0.6 is 12.2 Å². The van der Waals surface area contributed by atoms with Gasteiger partial charge in [-0.1, -0.05) is 18.2 Å². The molecule has 0 bridgehead atoms. The molecule has 0 radical (unpaired) electrons. The summed E-state index contributed by atoms with van der Waals surface area (Å²) in [6.07, 6.45) is 1.71. The van der Waals surface area contributed by atoms with E-state index in [-0.39, 0.29) is 0 Å². The van der Waals surface area contributed by atoms with E-state index in [1.807, 2.05) is 18.2 Å². The molecule has 0 aliphatic rings. The number of aromatic nitrogens is 3.